The Hall–Kier alpha value is -1.30. The van der Waals surface area contributed by atoms with Gasteiger partial charge in [-0.25, -0.2) is 0 Å². The minimum Gasteiger partial charge on any atom is -0.383 e. The number of hydrogen-bond acceptors (Lipinski definition) is 5. The molecule has 1 unspecified atom stereocenters. The van der Waals surface area contributed by atoms with Crippen LogP contribution in [0.5, 0.6) is 0 Å². The van der Waals surface area contributed by atoms with Gasteiger partial charge in [-0.15, -0.1) is 0 Å². The van der Waals surface area contributed by atoms with Crippen LogP contribution in [0.3, 0.4) is 0 Å². The molecule has 6 heteroatoms. The summed E-state index contributed by atoms with van der Waals surface area (Å²) in [6.07, 6.45) is 4.33. The number of aromatic nitrogens is 1. The van der Waals surface area contributed by atoms with Gasteiger partial charge in [-0.1, -0.05) is 0 Å². The molecule has 1 amide bonds. The summed E-state index contributed by atoms with van der Waals surface area (Å²) in [5.41, 5.74) is 12.6. The molecule has 1 saturated carbocycles. The summed E-state index contributed by atoms with van der Waals surface area (Å²) in [7, 11) is 0. The first-order valence-electron chi connectivity index (χ1n) is 6.46. The molecule has 2 fully saturated rings. The van der Waals surface area contributed by atoms with Gasteiger partial charge >= 0.3 is 0 Å². The summed E-state index contributed by atoms with van der Waals surface area (Å²) >= 11 is 1.46. The van der Waals surface area contributed by atoms with Crippen LogP contribution in [0.2, 0.25) is 0 Å². The first-order chi connectivity index (χ1) is 8.66. The van der Waals surface area contributed by atoms with Gasteiger partial charge < -0.3 is 16.4 Å². The third kappa shape index (κ3) is 2.05. The van der Waals surface area contributed by atoms with Crippen molar-refractivity contribution in [2.45, 2.75) is 31.6 Å². The van der Waals surface area contributed by atoms with Gasteiger partial charge in [-0.05, 0) is 43.1 Å². The van der Waals surface area contributed by atoms with Crippen molar-refractivity contribution in [2.24, 2.45) is 11.7 Å². The standard InChI is InChI=1S/C12H18N4OS/c13-10-9(7-3-4-7)12(18-15-10)16-5-1-2-8(6-16)11(14)17/h7-8H,1-6H2,(H2,13,15)(H2,14,17). The molecule has 5 nitrogen and oxygen atoms in total. The number of amides is 1. The van der Waals surface area contributed by atoms with Crippen LogP contribution in [0.15, 0.2) is 0 Å². The van der Waals surface area contributed by atoms with Crippen molar-refractivity contribution in [1.29, 1.82) is 0 Å². The molecule has 1 aliphatic heterocycles. The van der Waals surface area contributed by atoms with Gasteiger partial charge in [0, 0.05) is 18.7 Å². The van der Waals surface area contributed by atoms with Crippen LogP contribution in [0.4, 0.5) is 10.8 Å². The third-order valence-electron chi connectivity index (χ3n) is 3.83. The zero-order chi connectivity index (χ0) is 12.7. The fourth-order valence-corrected chi connectivity index (χ4v) is 3.61. The Morgan fingerprint density at radius 2 is 2.17 bits per heavy atom. The maximum Gasteiger partial charge on any atom is 0.222 e. The molecule has 0 radical (unpaired) electrons. The van der Waals surface area contributed by atoms with Crippen molar-refractivity contribution in [2.75, 3.05) is 23.7 Å². The largest absolute Gasteiger partial charge is 0.383 e. The number of carbonyl (C=O) groups excluding carboxylic acids is 1. The number of nitrogen functional groups attached to an aromatic ring is 1. The van der Waals surface area contributed by atoms with Crippen molar-refractivity contribution < 1.29 is 4.79 Å². The van der Waals surface area contributed by atoms with E-state index in [0.717, 1.165) is 25.9 Å². The molecule has 1 aromatic rings. The van der Waals surface area contributed by atoms with Crippen LogP contribution in [0.25, 0.3) is 0 Å². The van der Waals surface area contributed by atoms with Gasteiger partial charge in [0.05, 0.1) is 5.92 Å². The van der Waals surface area contributed by atoms with Crippen LogP contribution in [-0.4, -0.2) is 23.4 Å². The van der Waals surface area contributed by atoms with Gasteiger partial charge in [0.1, 0.15) is 10.8 Å². The molecule has 98 valence electrons. The highest BCUT2D eigenvalue weighted by Crippen LogP contribution is 2.49. The molecule has 18 heavy (non-hydrogen) atoms. The lowest BCUT2D eigenvalue weighted by molar-refractivity contribution is -0.122. The normalized spacial score (nSPS) is 24.2. The number of rotatable bonds is 3. The molecule has 2 heterocycles. The molecule has 0 bridgehead atoms. The molecule has 0 aromatic carbocycles. The predicted octanol–water partition coefficient (Wildman–Crippen LogP) is 1.30. The first kappa shape index (κ1) is 11.8. The lowest BCUT2D eigenvalue weighted by Crippen LogP contribution is -2.41. The Balaban J connectivity index is 1.83. The smallest absolute Gasteiger partial charge is 0.222 e. The average Bonchev–Trinajstić information content (AvgIpc) is 3.12. The summed E-state index contributed by atoms with van der Waals surface area (Å²) < 4.78 is 4.28. The number of piperidine rings is 1. The highest BCUT2D eigenvalue weighted by Gasteiger charge is 2.34. The number of primary amides is 1. The Morgan fingerprint density at radius 1 is 1.39 bits per heavy atom. The summed E-state index contributed by atoms with van der Waals surface area (Å²) in [5.74, 6) is 1.05. The fourth-order valence-electron chi connectivity index (χ4n) is 2.68. The van der Waals surface area contributed by atoms with E-state index in [1.165, 1.54) is 34.9 Å². The number of nitrogens with two attached hydrogens (primary N) is 2. The van der Waals surface area contributed by atoms with Crippen molar-refractivity contribution in [3.8, 4) is 0 Å². The van der Waals surface area contributed by atoms with Gasteiger partial charge in [-0.2, -0.15) is 4.37 Å². The monoisotopic (exact) mass is 266 g/mol. The van der Waals surface area contributed by atoms with Gasteiger partial charge in [-0.3, -0.25) is 4.79 Å². The van der Waals surface area contributed by atoms with Crippen molar-refractivity contribution in [1.82, 2.24) is 4.37 Å². The molecule has 1 saturated heterocycles. The van der Waals surface area contributed by atoms with E-state index >= 15 is 0 Å². The summed E-state index contributed by atoms with van der Waals surface area (Å²) in [4.78, 5) is 13.6. The number of carbonyl (C=O) groups is 1. The number of anilines is 2. The van der Waals surface area contributed by atoms with E-state index in [2.05, 4.69) is 9.27 Å². The first-order valence-corrected chi connectivity index (χ1v) is 7.23. The molecule has 1 aromatic heterocycles. The van der Waals surface area contributed by atoms with Gasteiger partial charge in [0.2, 0.25) is 5.91 Å². The molecule has 1 aliphatic carbocycles. The summed E-state index contributed by atoms with van der Waals surface area (Å²) in [6.45, 7) is 1.70. The Morgan fingerprint density at radius 3 is 2.83 bits per heavy atom. The zero-order valence-electron chi connectivity index (χ0n) is 10.3. The average molecular weight is 266 g/mol. The van der Waals surface area contributed by atoms with E-state index < -0.39 is 0 Å². The van der Waals surface area contributed by atoms with Crippen LogP contribution in [0, 0.1) is 5.92 Å². The van der Waals surface area contributed by atoms with E-state index in [0.29, 0.717) is 11.7 Å². The minimum atomic E-state index is -0.190. The van der Waals surface area contributed by atoms with Crippen molar-refractivity contribution in [3.05, 3.63) is 5.56 Å². The molecule has 0 spiro atoms. The van der Waals surface area contributed by atoms with E-state index in [4.69, 9.17) is 11.5 Å². The van der Waals surface area contributed by atoms with E-state index in [9.17, 15) is 4.79 Å². The van der Waals surface area contributed by atoms with Crippen LogP contribution < -0.4 is 16.4 Å². The Kier molecular flexibility index (Phi) is 2.89. The summed E-state index contributed by atoms with van der Waals surface area (Å²) in [5, 5.41) is 1.17. The van der Waals surface area contributed by atoms with Crippen LogP contribution in [-0.2, 0) is 4.79 Å². The second-order valence-electron chi connectivity index (χ2n) is 5.25. The summed E-state index contributed by atoms with van der Waals surface area (Å²) in [6, 6.07) is 0. The van der Waals surface area contributed by atoms with E-state index in [1.54, 1.807) is 0 Å². The number of nitrogens with zero attached hydrogens (tertiary/aromatic N) is 2. The topological polar surface area (TPSA) is 85.2 Å². The van der Waals surface area contributed by atoms with E-state index in [-0.39, 0.29) is 11.8 Å². The SMILES string of the molecule is NC(=O)C1CCCN(c2snc(N)c2C2CC2)C1. The fraction of sp³-hybridized carbons (Fsp3) is 0.667. The van der Waals surface area contributed by atoms with Crippen LogP contribution in [0.1, 0.15) is 37.2 Å². The maximum atomic E-state index is 11.3. The molecular weight excluding hydrogens is 248 g/mol. The zero-order valence-corrected chi connectivity index (χ0v) is 11.1. The van der Waals surface area contributed by atoms with Gasteiger partial charge in [0.15, 0.2) is 0 Å². The van der Waals surface area contributed by atoms with Crippen molar-refractivity contribution in [3.63, 3.8) is 0 Å². The lowest BCUT2D eigenvalue weighted by Gasteiger charge is -2.32. The Labute approximate surface area is 110 Å². The lowest BCUT2D eigenvalue weighted by atomic mass is 9.97. The highest BCUT2D eigenvalue weighted by atomic mass is 32.1. The molecule has 2 aliphatic rings. The predicted molar refractivity (Wildman–Crippen MR) is 72.6 cm³/mol. The number of hydrogen-bond donors (Lipinski definition) is 2. The highest BCUT2D eigenvalue weighted by molar-refractivity contribution is 7.10. The maximum absolute atomic E-state index is 11.3. The molecule has 4 N–H and O–H groups in total. The molecule has 1 atom stereocenters. The Bertz CT molecular complexity index is 469. The molecular formula is C12H18N4OS. The molecule has 3 rings (SSSR count). The van der Waals surface area contributed by atoms with Gasteiger partial charge in [0.25, 0.3) is 0 Å². The third-order valence-corrected chi connectivity index (χ3v) is 4.77. The second kappa shape index (κ2) is 4.42. The van der Waals surface area contributed by atoms with E-state index in [1.807, 2.05) is 0 Å². The quantitative estimate of drug-likeness (QED) is 0.863. The van der Waals surface area contributed by atoms with Crippen molar-refractivity contribution >= 4 is 28.3 Å². The minimum absolute atomic E-state index is 0.0332. The second-order valence-corrected chi connectivity index (χ2v) is 6.00. The van der Waals surface area contributed by atoms with Crippen LogP contribution >= 0.6 is 11.5 Å².